The highest BCUT2D eigenvalue weighted by Gasteiger charge is 2.16. The van der Waals surface area contributed by atoms with Gasteiger partial charge in [0.2, 0.25) is 0 Å². The Bertz CT molecular complexity index is 1780. The largest absolute Gasteiger partial charge is 0.462 e. The lowest BCUT2D eigenvalue weighted by Gasteiger charge is -2.15. The van der Waals surface area contributed by atoms with Crippen LogP contribution in [0.1, 0.15) is 425 Å². The number of hydrogen-bond donors (Lipinski definition) is 1. The van der Waals surface area contributed by atoms with E-state index < -0.39 is 6.10 Å². The van der Waals surface area contributed by atoms with E-state index in [1.54, 1.807) is 0 Å². The molecule has 0 aliphatic heterocycles. The molecule has 544 valence electrons. The molecule has 0 aliphatic carbocycles. The molecule has 5 nitrogen and oxygen atoms in total. The van der Waals surface area contributed by atoms with Crippen molar-refractivity contribution in [2.45, 2.75) is 431 Å². The van der Waals surface area contributed by atoms with Crippen LogP contribution in [0.15, 0.2) is 109 Å². The number of rotatable bonds is 77. The van der Waals surface area contributed by atoms with Crippen molar-refractivity contribution in [3.8, 4) is 0 Å². The zero-order chi connectivity index (χ0) is 67.5. The first kappa shape index (κ1) is 90.6. The van der Waals surface area contributed by atoms with Crippen LogP contribution in [0, 0.1) is 0 Å². The van der Waals surface area contributed by atoms with Crippen LogP contribution in [-0.4, -0.2) is 36.4 Å². The van der Waals surface area contributed by atoms with Gasteiger partial charge in [-0.3, -0.25) is 9.59 Å². The van der Waals surface area contributed by atoms with Crippen LogP contribution in [-0.2, 0) is 19.1 Å². The summed E-state index contributed by atoms with van der Waals surface area (Å²) < 4.78 is 10.8. The molecule has 0 radical (unpaired) electrons. The first-order chi connectivity index (χ1) is 46.6. The molecule has 0 saturated carbocycles. The molecule has 0 fully saturated rings. The van der Waals surface area contributed by atoms with Gasteiger partial charge in [0.25, 0.3) is 0 Å². The lowest BCUT2D eigenvalue weighted by molar-refractivity contribution is -0.161. The maximum Gasteiger partial charge on any atom is 0.306 e. The number of allylic oxidation sites excluding steroid dienone is 18. The Hall–Kier alpha value is -3.44. The number of unbranched alkanes of at least 4 members (excludes halogenated alkanes) is 51. The van der Waals surface area contributed by atoms with Crippen molar-refractivity contribution in [3.05, 3.63) is 109 Å². The van der Waals surface area contributed by atoms with Gasteiger partial charge in [-0.2, -0.15) is 0 Å². The van der Waals surface area contributed by atoms with Crippen LogP contribution in [0.25, 0.3) is 0 Å². The first-order valence-electron chi connectivity index (χ1n) is 41.4. The molecule has 0 spiro atoms. The number of hydrogen-bond acceptors (Lipinski definition) is 5. The zero-order valence-electron chi connectivity index (χ0n) is 62.7. The molecule has 0 aromatic rings. The summed E-state index contributed by atoms with van der Waals surface area (Å²) in [7, 11) is 0. The van der Waals surface area contributed by atoms with Crippen LogP contribution in [0.5, 0.6) is 0 Å². The summed E-state index contributed by atoms with van der Waals surface area (Å²) in [6.45, 7) is 4.08. The molecule has 1 atom stereocenters. The van der Waals surface area contributed by atoms with Gasteiger partial charge in [-0.05, 0) is 83.5 Å². The third kappa shape index (κ3) is 81.0. The van der Waals surface area contributed by atoms with E-state index in [2.05, 4.69) is 123 Å². The molecule has 0 aromatic carbocycles. The van der Waals surface area contributed by atoms with Gasteiger partial charge in [0.05, 0.1) is 6.61 Å². The van der Waals surface area contributed by atoms with Gasteiger partial charge in [-0.1, -0.05) is 438 Å². The summed E-state index contributed by atoms with van der Waals surface area (Å²) in [6.07, 6.45) is 122. The van der Waals surface area contributed by atoms with Gasteiger partial charge < -0.3 is 14.6 Å². The predicted molar refractivity (Wildman–Crippen MR) is 417 cm³/mol. The topological polar surface area (TPSA) is 72.8 Å². The smallest absolute Gasteiger partial charge is 0.306 e. The van der Waals surface area contributed by atoms with Gasteiger partial charge >= 0.3 is 11.9 Å². The Morgan fingerprint density at radius 1 is 0.255 bits per heavy atom. The Balaban J connectivity index is 3.43. The van der Waals surface area contributed by atoms with Crippen molar-refractivity contribution < 1.29 is 24.2 Å². The Morgan fingerprint density at radius 2 is 0.457 bits per heavy atom. The average Bonchev–Trinajstić information content (AvgIpc) is 3.77. The molecular formula is C89H158O5. The molecule has 0 heterocycles. The van der Waals surface area contributed by atoms with E-state index in [4.69, 9.17) is 9.47 Å². The van der Waals surface area contributed by atoms with E-state index in [0.29, 0.717) is 12.8 Å². The Labute approximate surface area is 586 Å². The van der Waals surface area contributed by atoms with Crippen LogP contribution < -0.4 is 0 Å². The van der Waals surface area contributed by atoms with E-state index in [0.717, 1.165) is 96.3 Å². The summed E-state index contributed by atoms with van der Waals surface area (Å²) in [5.74, 6) is -0.575. The Kier molecular flexibility index (Phi) is 80.7. The van der Waals surface area contributed by atoms with Gasteiger partial charge in [0.1, 0.15) is 6.61 Å². The van der Waals surface area contributed by atoms with E-state index in [1.165, 1.54) is 302 Å². The number of aliphatic hydroxyl groups excluding tert-OH is 1. The molecule has 0 bridgehead atoms. The lowest BCUT2D eigenvalue weighted by Crippen LogP contribution is -2.28. The predicted octanol–water partition coefficient (Wildman–Crippen LogP) is 29.4. The fourth-order valence-corrected chi connectivity index (χ4v) is 12.4. The molecule has 0 saturated heterocycles. The highest BCUT2D eigenvalue weighted by Crippen LogP contribution is 2.20. The normalized spacial score (nSPS) is 12.8. The summed E-state index contributed by atoms with van der Waals surface area (Å²) >= 11 is 0. The third-order valence-corrected chi connectivity index (χ3v) is 18.6. The minimum Gasteiger partial charge on any atom is -0.462 e. The maximum atomic E-state index is 12.4. The van der Waals surface area contributed by atoms with Crippen molar-refractivity contribution in [1.82, 2.24) is 0 Å². The van der Waals surface area contributed by atoms with Gasteiger partial charge in [0.15, 0.2) is 6.10 Å². The Morgan fingerprint density at radius 3 is 0.691 bits per heavy atom. The fraction of sp³-hybridized carbons (Fsp3) is 0.775. The summed E-state index contributed by atoms with van der Waals surface area (Å²) in [5, 5.41) is 9.74. The second-order valence-electron chi connectivity index (χ2n) is 27.8. The number of carbonyl (C=O) groups excluding carboxylic acids is 2. The number of ether oxygens (including phenoxy) is 2. The maximum absolute atomic E-state index is 12.4. The van der Waals surface area contributed by atoms with Gasteiger partial charge in [-0.15, -0.1) is 0 Å². The van der Waals surface area contributed by atoms with Crippen molar-refractivity contribution in [1.29, 1.82) is 0 Å². The van der Waals surface area contributed by atoms with Crippen molar-refractivity contribution in [2.75, 3.05) is 13.2 Å². The molecule has 0 amide bonds. The standard InChI is InChI=1S/C89H158O5/c1-3-5-7-9-11-13-15-17-19-21-23-25-27-29-31-33-35-37-39-41-43-44-46-48-50-52-54-56-58-60-62-64-66-68-70-72-74-76-78-80-82-84-89(92)94-87(85-90)86-93-88(91)83-81-79-77-75-73-71-69-67-65-63-61-59-57-55-53-51-49-47-45-42-40-38-36-34-32-30-28-26-24-22-20-18-16-14-12-10-8-6-4-2/h5,7,11,13,17,19,23,25,29,31,35,37,41,43,46,48,52,54,87,90H,3-4,6,8-10,12,14-16,18,20-22,24,26-28,30,32-34,36,38-40,42,44-45,47,49-51,53,55-86H2,1-2H3/b7-5-,13-11-,19-17-,25-23-,31-29-,37-35-,43-41-,48-46-,54-52-. The highest BCUT2D eigenvalue weighted by atomic mass is 16.6. The zero-order valence-corrected chi connectivity index (χ0v) is 62.7. The monoisotopic (exact) mass is 1310 g/mol. The molecule has 1 N–H and O–H groups in total. The van der Waals surface area contributed by atoms with Crippen molar-refractivity contribution >= 4 is 11.9 Å². The molecule has 0 aromatic heterocycles. The second kappa shape index (κ2) is 83.8. The molecule has 0 aliphatic rings. The second-order valence-corrected chi connectivity index (χ2v) is 27.8. The molecular weight excluding hydrogens is 1150 g/mol. The average molecular weight is 1310 g/mol. The highest BCUT2D eigenvalue weighted by molar-refractivity contribution is 5.70. The van der Waals surface area contributed by atoms with Crippen molar-refractivity contribution in [3.63, 3.8) is 0 Å². The molecule has 94 heavy (non-hydrogen) atoms. The lowest BCUT2D eigenvalue weighted by atomic mass is 10.0. The van der Waals surface area contributed by atoms with Crippen molar-refractivity contribution in [2.24, 2.45) is 0 Å². The number of carbonyl (C=O) groups is 2. The third-order valence-electron chi connectivity index (χ3n) is 18.6. The van der Waals surface area contributed by atoms with Crippen LogP contribution in [0.4, 0.5) is 0 Å². The van der Waals surface area contributed by atoms with E-state index in [9.17, 15) is 14.7 Å². The van der Waals surface area contributed by atoms with Gasteiger partial charge in [0, 0.05) is 12.8 Å². The number of esters is 2. The summed E-state index contributed by atoms with van der Waals surface area (Å²) in [6, 6.07) is 0. The minimum atomic E-state index is -0.778. The molecule has 5 heteroatoms. The SMILES string of the molecule is CC/C=C\C/C=C\C/C=C\C/C=C\C/C=C\C/C=C\C/C=C\C/C=C\C/C=C\CCCCCCCCCCCCCCCC(=O)OC(CO)COC(=O)CCCCCCCCCCCCCCCCCCCCCCCCCCCCCCCCCCCCCCCCC. The number of aliphatic hydroxyl groups is 1. The van der Waals surface area contributed by atoms with Crippen LogP contribution >= 0.6 is 0 Å². The fourth-order valence-electron chi connectivity index (χ4n) is 12.4. The van der Waals surface area contributed by atoms with E-state index in [1.807, 2.05) is 0 Å². The van der Waals surface area contributed by atoms with Crippen LogP contribution in [0.2, 0.25) is 0 Å². The minimum absolute atomic E-state index is 0.0653. The van der Waals surface area contributed by atoms with Gasteiger partial charge in [-0.25, -0.2) is 0 Å². The van der Waals surface area contributed by atoms with E-state index >= 15 is 0 Å². The van der Waals surface area contributed by atoms with E-state index in [-0.39, 0.29) is 25.2 Å². The molecule has 0 rings (SSSR count). The molecule has 1 unspecified atom stereocenters. The van der Waals surface area contributed by atoms with Crippen LogP contribution in [0.3, 0.4) is 0 Å². The first-order valence-corrected chi connectivity index (χ1v) is 41.4. The summed E-state index contributed by atoms with van der Waals surface area (Å²) in [4.78, 5) is 24.7. The quantitative estimate of drug-likeness (QED) is 0.0373. The summed E-state index contributed by atoms with van der Waals surface area (Å²) in [5.41, 5.74) is 0.